The minimum atomic E-state index is 0.351. The van der Waals surface area contributed by atoms with E-state index in [1.807, 2.05) is 0 Å². The maximum atomic E-state index is 6.02. The quantitative estimate of drug-likeness (QED) is 0.831. The van der Waals surface area contributed by atoms with Gasteiger partial charge in [0.15, 0.2) is 0 Å². The molecular formula is C11H18ClN3. The Bertz CT molecular complexity index is 328. The smallest absolute Gasteiger partial charge is 0.145 e. The van der Waals surface area contributed by atoms with Crippen molar-refractivity contribution >= 4 is 23.1 Å². The van der Waals surface area contributed by atoms with Gasteiger partial charge in [0.25, 0.3) is 0 Å². The third-order valence-corrected chi connectivity index (χ3v) is 3.01. The molecule has 0 bridgehead atoms. The molecule has 2 atom stereocenters. The van der Waals surface area contributed by atoms with E-state index >= 15 is 0 Å². The van der Waals surface area contributed by atoms with Crippen LogP contribution in [0.2, 0.25) is 5.02 Å². The number of nitrogens with one attached hydrogen (secondary N) is 1. The van der Waals surface area contributed by atoms with Gasteiger partial charge in [-0.15, -0.1) is 0 Å². The Morgan fingerprint density at radius 2 is 2.20 bits per heavy atom. The molecule has 15 heavy (non-hydrogen) atoms. The Morgan fingerprint density at radius 3 is 2.73 bits per heavy atom. The van der Waals surface area contributed by atoms with Crippen molar-refractivity contribution in [3.8, 4) is 0 Å². The maximum absolute atomic E-state index is 6.02. The molecule has 0 aliphatic heterocycles. The van der Waals surface area contributed by atoms with E-state index in [-0.39, 0.29) is 0 Å². The second-order valence-electron chi connectivity index (χ2n) is 3.92. The van der Waals surface area contributed by atoms with Crippen molar-refractivity contribution in [1.29, 1.82) is 0 Å². The lowest BCUT2D eigenvalue weighted by atomic mass is 10.0. The van der Waals surface area contributed by atoms with Crippen molar-refractivity contribution in [1.82, 2.24) is 4.98 Å². The number of nitrogens with zero attached hydrogens (tertiary/aromatic N) is 1. The van der Waals surface area contributed by atoms with Crippen LogP contribution in [-0.2, 0) is 0 Å². The summed E-state index contributed by atoms with van der Waals surface area (Å²) in [6.07, 6.45) is 2.73. The lowest BCUT2D eigenvalue weighted by molar-refractivity contribution is 0.493. The molecule has 84 valence electrons. The van der Waals surface area contributed by atoms with Gasteiger partial charge in [0, 0.05) is 6.04 Å². The minimum Gasteiger partial charge on any atom is -0.397 e. The molecule has 1 aromatic heterocycles. The van der Waals surface area contributed by atoms with Crippen LogP contribution in [0.1, 0.15) is 27.2 Å². The fraction of sp³-hybridized carbons (Fsp3) is 0.545. The van der Waals surface area contributed by atoms with Gasteiger partial charge in [-0.1, -0.05) is 31.9 Å². The number of nitrogens with two attached hydrogens (primary N) is 1. The van der Waals surface area contributed by atoms with E-state index in [1.165, 1.54) is 0 Å². The summed E-state index contributed by atoms with van der Waals surface area (Å²) in [5, 5.41) is 3.86. The predicted octanol–water partition coefficient (Wildman–Crippen LogP) is 3.16. The van der Waals surface area contributed by atoms with Gasteiger partial charge in [0.05, 0.1) is 16.9 Å². The molecule has 0 aromatic carbocycles. The van der Waals surface area contributed by atoms with Crippen LogP contribution in [0.25, 0.3) is 0 Å². The van der Waals surface area contributed by atoms with Gasteiger partial charge in [-0.3, -0.25) is 0 Å². The molecular weight excluding hydrogens is 210 g/mol. The van der Waals surface area contributed by atoms with E-state index in [4.69, 9.17) is 17.3 Å². The number of nitrogen functional groups attached to an aromatic ring is 1. The van der Waals surface area contributed by atoms with Crippen LogP contribution in [0.4, 0.5) is 11.5 Å². The molecule has 1 aromatic rings. The number of hydrogen-bond acceptors (Lipinski definition) is 3. The van der Waals surface area contributed by atoms with E-state index < -0.39 is 0 Å². The van der Waals surface area contributed by atoms with Crippen LogP contribution in [0.3, 0.4) is 0 Å². The van der Waals surface area contributed by atoms with Crippen molar-refractivity contribution in [3.63, 3.8) is 0 Å². The predicted molar refractivity (Wildman–Crippen MR) is 66.2 cm³/mol. The zero-order chi connectivity index (χ0) is 11.4. The molecule has 1 heterocycles. The molecule has 0 saturated carbocycles. The number of rotatable bonds is 4. The van der Waals surface area contributed by atoms with Crippen LogP contribution in [-0.4, -0.2) is 11.0 Å². The highest BCUT2D eigenvalue weighted by atomic mass is 35.5. The molecule has 0 saturated heterocycles. The van der Waals surface area contributed by atoms with Crippen molar-refractivity contribution in [3.05, 3.63) is 17.3 Å². The fourth-order valence-corrected chi connectivity index (χ4v) is 1.50. The zero-order valence-corrected chi connectivity index (χ0v) is 10.2. The molecule has 0 spiro atoms. The summed E-state index contributed by atoms with van der Waals surface area (Å²) in [5.41, 5.74) is 6.15. The van der Waals surface area contributed by atoms with Crippen LogP contribution < -0.4 is 11.1 Å². The normalized spacial score (nSPS) is 14.7. The van der Waals surface area contributed by atoms with E-state index in [1.54, 1.807) is 12.3 Å². The fourth-order valence-electron chi connectivity index (χ4n) is 1.27. The van der Waals surface area contributed by atoms with Crippen LogP contribution in [0.5, 0.6) is 0 Å². The standard InChI is InChI=1S/C11H18ClN3/c1-4-7(2)8(3)15-11-10(12)5-9(13)6-14-11/h5-8H,4,13H2,1-3H3,(H,14,15). The molecule has 3 N–H and O–H groups in total. The largest absolute Gasteiger partial charge is 0.397 e. The number of halogens is 1. The first-order valence-corrected chi connectivity index (χ1v) is 5.60. The third kappa shape index (κ3) is 3.27. The third-order valence-electron chi connectivity index (χ3n) is 2.72. The van der Waals surface area contributed by atoms with E-state index in [0.717, 1.165) is 6.42 Å². The molecule has 2 unspecified atom stereocenters. The Balaban J connectivity index is 2.72. The van der Waals surface area contributed by atoms with E-state index in [9.17, 15) is 0 Å². The first kappa shape index (κ1) is 12.1. The SMILES string of the molecule is CCC(C)C(C)Nc1ncc(N)cc1Cl. The topological polar surface area (TPSA) is 50.9 Å². The maximum Gasteiger partial charge on any atom is 0.145 e. The van der Waals surface area contributed by atoms with Crippen molar-refractivity contribution in [2.45, 2.75) is 33.2 Å². The average Bonchev–Trinajstić information content (AvgIpc) is 2.20. The highest BCUT2D eigenvalue weighted by Gasteiger charge is 2.12. The number of anilines is 2. The summed E-state index contributed by atoms with van der Waals surface area (Å²) in [6, 6.07) is 2.06. The molecule has 0 aliphatic carbocycles. The van der Waals surface area contributed by atoms with Gasteiger partial charge < -0.3 is 11.1 Å². The lowest BCUT2D eigenvalue weighted by Gasteiger charge is -2.21. The molecule has 0 amide bonds. The van der Waals surface area contributed by atoms with Crippen molar-refractivity contribution < 1.29 is 0 Å². The Kier molecular flexibility index (Phi) is 4.21. The van der Waals surface area contributed by atoms with E-state index in [2.05, 4.69) is 31.1 Å². The average molecular weight is 228 g/mol. The lowest BCUT2D eigenvalue weighted by Crippen LogP contribution is -2.23. The summed E-state index contributed by atoms with van der Waals surface area (Å²) in [6.45, 7) is 6.49. The van der Waals surface area contributed by atoms with Crippen LogP contribution in [0.15, 0.2) is 12.3 Å². The summed E-state index contributed by atoms with van der Waals surface area (Å²) < 4.78 is 0. The van der Waals surface area contributed by atoms with E-state index in [0.29, 0.717) is 28.5 Å². The Morgan fingerprint density at radius 1 is 1.53 bits per heavy atom. The molecule has 3 nitrogen and oxygen atoms in total. The van der Waals surface area contributed by atoms with Gasteiger partial charge in [-0.05, 0) is 18.9 Å². The second kappa shape index (κ2) is 5.21. The number of hydrogen-bond donors (Lipinski definition) is 2. The summed E-state index contributed by atoms with van der Waals surface area (Å²) in [7, 11) is 0. The van der Waals surface area contributed by atoms with Crippen LogP contribution in [0, 0.1) is 5.92 Å². The van der Waals surface area contributed by atoms with Crippen molar-refractivity contribution in [2.24, 2.45) is 5.92 Å². The summed E-state index contributed by atoms with van der Waals surface area (Å²) in [4.78, 5) is 4.17. The first-order valence-electron chi connectivity index (χ1n) is 5.22. The molecule has 0 fully saturated rings. The number of aromatic nitrogens is 1. The molecule has 4 heteroatoms. The molecule has 0 aliphatic rings. The zero-order valence-electron chi connectivity index (χ0n) is 9.42. The summed E-state index contributed by atoms with van der Waals surface area (Å²) >= 11 is 6.02. The van der Waals surface area contributed by atoms with Gasteiger partial charge >= 0.3 is 0 Å². The Labute approximate surface area is 96.0 Å². The second-order valence-corrected chi connectivity index (χ2v) is 4.32. The van der Waals surface area contributed by atoms with Crippen LogP contribution >= 0.6 is 11.6 Å². The molecule has 1 rings (SSSR count). The minimum absolute atomic E-state index is 0.351. The van der Waals surface area contributed by atoms with Crippen molar-refractivity contribution in [2.75, 3.05) is 11.1 Å². The summed E-state index contributed by atoms with van der Waals surface area (Å²) in [5.74, 6) is 1.29. The van der Waals surface area contributed by atoms with Gasteiger partial charge in [-0.25, -0.2) is 4.98 Å². The van der Waals surface area contributed by atoms with Gasteiger partial charge in [0.2, 0.25) is 0 Å². The monoisotopic (exact) mass is 227 g/mol. The molecule has 0 radical (unpaired) electrons. The first-order chi connectivity index (χ1) is 7.04. The van der Waals surface area contributed by atoms with Gasteiger partial charge in [-0.2, -0.15) is 0 Å². The number of pyridine rings is 1. The van der Waals surface area contributed by atoms with Gasteiger partial charge in [0.1, 0.15) is 5.82 Å². The highest BCUT2D eigenvalue weighted by Crippen LogP contribution is 2.23. The Hall–Kier alpha value is -0.960. The highest BCUT2D eigenvalue weighted by molar-refractivity contribution is 6.33.